The third-order valence-electron chi connectivity index (χ3n) is 10.2. The topological polar surface area (TPSA) is 78.9 Å². The van der Waals surface area contributed by atoms with E-state index in [9.17, 15) is 14.4 Å². The largest absolute Gasteiger partial charge is 0.462 e. The molecule has 0 fully saturated rings. The highest BCUT2D eigenvalue weighted by Gasteiger charge is 2.19. The number of unbranched alkanes of at least 4 members (excludes halogenated alkanes) is 22. The highest BCUT2D eigenvalue weighted by molar-refractivity contribution is 5.71. The van der Waals surface area contributed by atoms with Crippen molar-refractivity contribution in [3.63, 3.8) is 0 Å². The van der Waals surface area contributed by atoms with Crippen LogP contribution in [0.3, 0.4) is 0 Å². The number of ether oxygens (including phenoxy) is 3. The molecule has 0 aliphatic carbocycles. The first kappa shape index (κ1) is 56.6. The third kappa shape index (κ3) is 45.7. The first-order chi connectivity index (χ1) is 29.5. The molecule has 0 aliphatic heterocycles. The fourth-order valence-electron chi connectivity index (χ4n) is 6.52. The second-order valence-electron chi connectivity index (χ2n) is 16.1. The summed E-state index contributed by atoms with van der Waals surface area (Å²) in [4.78, 5) is 37.8. The van der Waals surface area contributed by atoms with E-state index in [1.807, 2.05) is 54.7 Å². The number of hydrogen-bond acceptors (Lipinski definition) is 6. The molecule has 0 rings (SSSR count). The summed E-state index contributed by atoms with van der Waals surface area (Å²) in [5.74, 6) is -1.02. The highest BCUT2D eigenvalue weighted by atomic mass is 16.6. The summed E-state index contributed by atoms with van der Waals surface area (Å²) < 4.78 is 16.7. The monoisotopic (exact) mass is 835 g/mol. The minimum Gasteiger partial charge on any atom is -0.462 e. The lowest BCUT2D eigenvalue weighted by molar-refractivity contribution is -0.167. The summed E-state index contributed by atoms with van der Waals surface area (Å²) >= 11 is 0. The number of carbonyl (C=O) groups is 3. The lowest BCUT2D eigenvalue weighted by Gasteiger charge is -2.18. The van der Waals surface area contributed by atoms with Crippen LogP contribution in [0.15, 0.2) is 85.1 Å². The van der Waals surface area contributed by atoms with E-state index < -0.39 is 6.10 Å². The molecule has 0 aromatic heterocycles. The zero-order valence-corrected chi connectivity index (χ0v) is 38.9. The Kier molecular flexibility index (Phi) is 45.5. The van der Waals surface area contributed by atoms with Gasteiger partial charge in [0, 0.05) is 19.3 Å². The van der Waals surface area contributed by atoms with E-state index >= 15 is 0 Å². The molecular weight excluding hydrogens is 745 g/mol. The van der Waals surface area contributed by atoms with E-state index in [-0.39, 0.29) is 37.5 Å². The van der Waals surface area contributed by atoms with Gasteiger partial charge in [-0.05, 0) is 83.5 Å². The van der Waals surface area contributed by atoms with E-state index in [1.165, 1.54) is 96.3 Å². The molecule has 0 N–H and O–H groups in total. The standard InChI is InChI=1S/C54H90O6/c1-4-7-10-13-16-19-22-25-26-27-30-32-35-38-41-44-47-53(56)59-50-51(60-54(57)48-45-42-39-36-33-29-24-21-18-15-12-9-6-3)49-58-52(55)46-43-40-37-34-31-28-23-20-17-14-11-8-5-2/h9,12,15,18,21,24,26-29,31,33,36,39,51H,4-8,10-11,13-14,16-17,19-20,22-23,25,30,32,34-35,37-38,40-50H2,1-3H3/b12-9-,18-15-,24-21-,27-26-,31-28-,33-29-,39-36-. The van der Waals surface area contributed by atoms with Crippen molar-refractivity contribution < 1.29 is 28.6 Å². The van der Waals surface area contributed by atoms with Gasteiger partial charge in [0.1, 0.15) is 13.2 Å². The van der Waals surface area contributed by atoms with Gasteiger partial charge in [0.25, 0.3) is 0 Å². The molecule has 1 atom stereocenters. The van der Waals surface area contributed by atoms with Crippen molar-refractivity contribution in [2.45, 2.75) is 226 Å². The molecule has 0 spiro atoms. The van der Waals surface area contributed by atoms with Crippen LogP contribution in [0.4, 0.5) is 0 Å². The summed E-state index contributed by atoms with van der Waals surface area (Å²) in [6.07, 6.45) is 61.5. The zero-order valence-electron chi connectivity index (χ0n) is 38.9. The van der Waals surface area contributed by atoms with Crippen LogP contribution in [-0.2, 0) is 28.6 Å². The van der Waals surface area contributed by atoms with Crippen molar-refractivity contribution in [3.05, 3.63) is 85.1 Å². The summed E-state index contributed by atoms with van der Waals surface area (Å²) in [6.45, 7) is 6.39. The Balaban J connectivity index is 4.51. The molecule has 0 aliphatic rings. The van der Waals surface area contributed by atoms with Gasteiger partial charge in [0.05, 0.1) is 0 Å². The molecule has 0 aromatic rings. The number of allylic oxidation sites excluding steroid dienone is 14. The van der Waals surface area contributed by atoms with Gasteiger partial charge in [-0.2, -0.15) is 0 Å². The molecule has 0 amide bonds. The Hall–Kier alpha value is -3.41. The first-order valence-corrected chi connectivity index (χ1v) is 24.7. The molecule has 0 bridgehead atoms. The Bertz CT molecular complexity index is 1190. The lowest BCUT2D eigenvalue weighted by Crippen LogP contribution is -2.30. The van der Waals surface area contributed by atoms with Crippen LogP contribution in [0, 0.1) is 0 Å². The van der Waals surface area contributed by atoms with Crippen LogP contribution in [-0.4, -0.2) is 37.2 Å². The van der Waals surface area contributed by atoms with Crippen molar-refractivity contribution in [1.82, 2.24) is 0 Å². The number of rotatable bonds is 43. The van der Waals surface area contributed by atoms with Crippen molar-refractivity contribution in [3.8, 4) is 0 Å². The number of esters is 3. The van der Waals surface area contributed by atoms with Crippen LogP contribution in [0.2, 0.25) is 0 Å². The minimum absolute atomic E-state index is 0.115. The quantitative estimate of drug-likeness (QED) is 0.0200. The summed E-state index contributed by atoms with van der Waals surface area (Å²) in [7, 11) is 0. The second-order valence-corrected chi connectivity index (χ2v) is 16.1. The van der Waals surface area contributed by atoms with Gasteiger partial charge < -0.3 is 14.2 Å². The van der Waals surface area contributed by atoms with E-state index in [0.717, 1.165) is 77.0 Å². The molecule has 0 radical (unpaired) electrons. The Morgan fingerprint density at radius 2 is 0.683 bits per heavy atom. The second kappa shape index (κ2) is 48.3. The van der Waals surface area contributed by atoms with Crippen molar-refractivity contribution in [2.24, 2.45) is 0 Å². The SMILES string of the molecule is CC\C=C/C=C\C=C/C=C\C=C/CCCC(=O)OC(COC(=O)CCCCC/C=C\CCCCCCCC)COC(=O)CCCCCCC/C=C\CCCCCCCCC. The molecule has 0 saturated heterocycles. The Labute approximate surface area is 369 Å². The maximum atomic E-state index is 12.7. The molecule has 0 heterocycles. The smallest absolute Gasteiger partial charge is 0.306 e. The van der Waals surface area contributed by atoms with Crippen molar-refractivity contribution in [1.29, 1.82) is 0 Å². The van der Waals surface area contributed by atoms with Gasteiger partial charge in [-0.1, -0.05) is 202 Å². The average molecular weight is 835 g/mol. The maximum Gasteiger partial charge on any atom is 0.306 e. The van der Waals surface area contributed by atoms with Gasteiger partial charge in [-0.25, -0.2) is 0 Å². The molecule has 0 saturated carbocycles. The van der Waals surface area contributed by atoms with Crippen LogP contribution in [0.5, 0.6) is 0 Å². The van der Waals surface area contributed by atoms with Crippen molar-refractivity contribution >= 4 is 17.9 Å². The van der Waals surface area contributed by atoms with E-state index in [0.29, 0.717) is 19.3 Å². The summed E-state index contributed by atoms with van der Waals surface area (Å²) in [5, 5.41) is 0. The van der Waals surface area contributed by atoms with E-state index in [4.69, 9.17) is 14.2 Å². The maximum absolute atomic E-state index is 12.7. The van der Waals surface area contributed by atoms with Gasteiger partial charge in [-0.15, -0.1) is 0 Å². The normalized spacial score (nSPS) is 12.8. The minimum atomic E-state index is -0.821. The fourth-order valence-corrected chi connectivity index (χ4v) is 6.52. The van der Waals surface area contributed by atoms with Crippen molar-refractivity contribution in [2.75, 3.05) is 13.2 Å². The predicted octanol–water partition coefficient (Wildman–Crippen LogP) is 16.0. The zero-order chi connectivity index (χ0) is 43.7. The number of carbonyl (C=O) groups excluding carboxylic acids is 3. The summed E-state index contributed by atoms with van der Waals surface area (Å²) in [5.41, 5.74) is 0. The molecule has 60 heavy (non-hydrogen) atoms. The van der Waals surface area contributed by atoms with E-state index in [1.54, 1.807) is 0 Å². The lowest BCUT2D eigenvalue weighted by atomic mass is 10.1. The first-order valence-electron chi connectivity index (χ1n) is 24.7. The van der Waals surface area contributed by atoms with Gasteiger partial charge in [0.15, 0.2) is 6.10 Å². The highest BCUT2D eigenvalue weighted by Crippen LogP contribution is 2.13. The molecule has 342 valence electrons. The molecule has 1 unspecified atom stereocenters. The summed E-state index contributed by atoms with van der Waals surface area (Å²) in [6, 6.07) is 0. The van der Waals surface area contributed by atoms with Crippen LogP contribution in [0.25, 0.3) is 0 Å². The molecule has 6 nitrogen and oxygen atoms in total. The Morgan fingerprint density at radius 3 is 1.12 bits per heavy atom. The van der Waals surface area contributed by atoms with Crippen LogP contribution in [0.1, 0.15) is 220 Å². The van der Waals surface area contributed by atoms with Gasteiger partial charge in [0.2, 0.25) is 0 Å². The average Bonchev–Trinajstić information content (AvgIpc) is 3.24. The van der Waals surface area contributed by atoms with E-state index in [2.05, 4.69) is 51.2 Å². The third-order valence-corrected chi connectivity index (χ3v) is 10.2. The van der Waals surface area contributed by atoms with Crippen LogP contribution < -0.4 is 0 Å². The molecular formula is C54H90O6. The molecule has 6 heteroatoms. The number of hydrogen-bond donors (Lipinski definition) is 0. The molecule has 0 aromatic carbocycles. The fraction of sp³-hybridized carbons (Fsp3) is 0.685. The van der Waals surface area contributed by atoms with Gasteiger partial charge >= 0.3 is 17.9 Å². The van der Waals surface area contributed by atoms with Crippen LogP contribution >= 0.6 is 0 Å². The van der Waals surface area contributed by atoms with Gasteiger partial charge in [-0.3, -0.25) is 14.4 Å². The Morgan fingerprint density at radius 1 is 0.350 bits per heavy atom. The predicted molar refractivity (Wildman–Crippen MR) is 256 cm³/mol.